The maximum absolute atomic E-state index is 12.2. The number of carbonyl (C=O) groups is 2. The Morgan fingerprint density at radius 2 is 2.13 bits per heavy atom. The fourth-order valence-corrected chi connectivity index (χ4v) is 2.97. The molecule has 0 aromatic carbocycles. The molecule has 1 unspecified atom stereocenters. The highest BCUT2D eigenvalue weighted by Gasteiger charge is 2.42. The summed E-state index contributed by atoms with van der Waals surface area (Å²) < 4.78 is 5.18. The molecule has 0 bridgehead atoms. The van der Waals surface area contributed by atoms with Crippen molar-refractivity contribution in [3.63, 3.8) is 0 Å². The second-order valence-electron chi connectivity index (χ2n) is 6.37. The van der Waals surface area contributed by atoms with E-state index in [0.29, 0.717) is 37.8 Å². The molecule has 124 valence electrons. The molecule has 7 heteroatoms. The minimum absolute atomic E-state index is 0.0318. The van der Waals surface area contributed by atoms with E-state index in [-0.39, 0.29) is 23.8 Å². The number of hydrogen-bond donors (Lipinski definition) is 0. The summed E-state index contributed by atoms with van der Waals surface area (Å²) in [6, 6.07) is 0.107. The van der Waals surface area contributed by atoms with E-state index >= 15 is 0 Å². The summed E-state index contributed by atoms with van der Waals surface area (Å²) in [5.74, 6) is 1.23. The average molecular weight is 318 g/mol. The molecule has 3 rings (SSSR count). The molecule has 2 aliphatic rings. The molecule has 3 heterocycles. The van der Waals surface area contributed by atoms with Crippen molar-refractivity contribution in [3.05, 3.63) is 23.4 Å². The first-order valence-corrected chi connectivity index (χ1v) is 8.03. The molecule has 2 amide bonds. The zero-order valence-electron chi connectivity index (χ0n) is 13.8. The highest BCUT2D eigenvalue weighted by molar-refractivity contribution is 5.89. The molecule has 0 aliphatic carbocycles. The Morgan fingerprint density at radius 1 is 1.39 bits per heavy atom. The summed E-state index contributed by atoms with van der Waals surface area (Å²) in [4.78, 5) is 32.1. The predicted octanol–water partition coefficient (Wildman–Crippen LogP) is 1.26. The predicted molar refractivity (Wildman–Crippen MR) is 82.5 cm³/mol. The molecule has 0 radical (unpaired) electrons. The van der Waals surface area contributed by atoms with Crippen LogP contribution in [0.4, 0.5) is 0 Å². The van der Waals surface area contributed by atoms with Gasteiger partial charge in [0.1, 0.15) is 0 Å². The Balaban J connectivity index is 1.56. The number of rotatable bonds is 4. The van der Waals surface area contributed by atoms with Gasteiger partial charge in [0, 0.05) is 32.1 Å². The number of aryl methyl sites for hydroxylation is 1. The fraction of sp³-hybridized carbons (Fsp3) is 0.625. The van der Waals surface area contributed by atoms with Gasteiger partial charge in [-0.25, -0.2) is 0 Å². The van der Waals surface area contributed by atoms with E-state index in [9.17, 15) is 9.59 Å². The van der Waals surface area contributed by atoms with Crippen molar-refractivity contribution in [2.45, 2.75) is 45.6 Å². The van der Waals surface area contributed by atoms with Gasteiger partial charge in [-0.15, -0.1) is 0 Å². The maximum Gasteiger partial charge on any atom is 0.246 e. The summed E-state index contributed by atoms with van der Waals surface area (Å²) in [6.45, 7) is 7.55. The molecule has 2 aliphatic heterocycles. The molecule has 1 aromatic rings. The van der Waals surface area contributed by atoms with E-state index in [1.165, 1.54) is 0 Å². The van der Waals surface area contributed by atoms with Gasteiger partial charge in [0.05, 0.1) is 12.0 Å². The van der Waals surface area contributed by atoms with Crippen LogP contribution in [0.3, 0.4) is 0 Å². The fourth-order valence-electron chi connectivity index (χ4n) is 2.97. The number of likely N-dealkylation sites (tertiary alicyclic amines) is 2. The number of amides is 2. The second-order valence-corrected chi connectivity index (χ2v) is 6.37. The van der Waals surface area contributed by atoms with Crippen molar-refractivity contribution < 1.29 is 14.1 Å². The van der Waals surface area contributed by atoms with Crippen LogP contribution < -0.4 is 0 Å². The maximum atomic E-state index is 12.2. The SMILES string of the molecule is CC/C(C)=C/C(=O)N1CC(N2CC(c3nc(C)no3)CC2=O)C1. The number of allylic oxidation sites excluding steroid dienone is 1. The van der Waals surface area contributed by atoms with Gasteiger partial charge in [-0.05, 0) is 20.3 Å². The van der Waals surface area contributed by atoms with E-state index in [0.717, 1.165) is 12.0 Å². The number of aromatic nitrogens is 2. The van der Waals surface area contributed by atoms with E-state index in [1.54, 1.807) is 17.9 Å². The zero-order valence-corrected chi connectivity index (χ0v) is 13.8. The molecular weight excluding hydrogens is 296 g/mol. The molecular formula is C16H22N4O3. The van der Waals surface area contributed by atoms with Crippen molar-refractivity contribution in [2.24, 2.45) is 0 Å². The number of carbonyl (C=O) groups excluding carboxylic acids is 2. The molecule has 0 saturated carbocycles. The van der Waals surface area contributed by atoms with Crippen molar-refractivity contribution in [1.82, 2.24) is 19.9 Å². The Morgan fingerprint density at radius 3 is 2.74 bits per heavy atom. The molecule has 2 fully saturated rings. The molecule has 2 saturated heterocycles. The van der Waals surface area contributed by atoms with Gasteiger partial charge in [0.2, 0.25) is 17.7 Å². The highest BCUT2D eigenvalue weighted by atomic mass is 16.5. The van der Waals surface area contributed by atoms with E-state index in [4.69, 9.17) is 4.52 Å². The number of hydrogen-bond acceptors (Lipinski definition) is 5. The Kier molecular flexibility index (Phi) is 4.19. The third kappa shape index (κ3) is 3.13. The first-order chi connectivity index (χ1) is 11.0. The van der Waals surface area contributed by atoms with Crippen LogP contribution in [0, 0.1) is 6.92 Å². The molecule has 1 atom stereocenters. The summed E-state index contributed by atoms with van der Waals surface area (Å²) in [7, 11) is 0. The van der Waals surface area contributed by atoms with Crippen LogP contribution in [-0.4, -0.2) is 57.4 Å². The van der Waals surface area contributed by atoms with Crippen molar-refractivity contribution >= 4 is 11.8 Å². The third-order valence-electron chi connectivity index (χ3n) is 4.59. The van der Waals surface area contributed by atoms with Crippen LogP contribution in [-0.2, 0) is 9.59 Å². The largest absolute Gasteiger partial charge is 0.339 e. The lowest BCUT2D eigenvalue weighted by Gasteiger charge is -2.43. The van der Waals surface area contributed by atoms with Gasteiger partial charge in [-0.2, -0.15) is 4.98 Å². The molecule has 7 nitrogen and oxygen atoms in total. The van der Waals surface area contributed by atoms with Gasteiger partial charge in [0.15, 0.2) is 5.82 Å². The molecule has 0 N–H and O–H groups in total. The minimum Gasteiger partial charge on any atom is -0.339 e. The summed E-state index contributed by atoms with van der Waals surface area (Å²) in [5.41, 5.74) is 1.07. The Bertz CT molecular complexity index is 646. The molecule has 23 heavy (non-hydrogen) atoms. The van der Waals surface area contributed by atoms with Crippen molar-refractivity contribution in [2.75, 3.05) is 19.6 Å². The van der Waals surface area contributed by atoms with Gasteiger partial charge in [-0.3, -0.25) is 9.59 Å². The lowest BCUT2D eigenvalue weighted by Crippen LogP contribution is -2.61. The third-order valence-corrected chi connectivity index (χ3v) is 4.59. The highest BCUT2D eigenvalue weighted by Crippen LogP contribution is 2.30. The van der Waals surface area contributed by atoms with Gasteiger partial charge < -0.3 is 14.3 Å². The van der Waals surface area contributed by atoms with Crippen molar-refractivity contribution in [1.29, 1.82) is 0 Å². The van der Waals surface area contributed by atoms with Gasteiger partial charge in [-0.1, -0.05) is 17.7 Å². The van der Waals surface area contributed by atoms with Gasteiger partial charge >= 0.3 is 0 Å². The van der Waals surface area contributed by atoms with E-state index in [1.807, 2.05) is 18.7 Å². The van der Waals surface area contributed by atoms with Crippen LogP contribution in [0.25, 0.3) is 0 Å². The zero-order chi connectivity index (χ0) is 16.6. The van der Waals surface area contributed by atoms with Crippen LogP contribution in [0.5, 0.6) is 0 Å². The second kappa shape index (κ2) is 6.14. The quantitative estimate of drug-likeness (QED) is 0.781. The van der Waals surface area contributed by atoms with Crippen LogP contribution >= 0.6 is 0 Å². The number of nitrogens with zero attached hydrogens (tertiary/aromatic N) is 4. The lowest BCUT2D eigenvalue weighted by atomic mass is 10.1. The van der Waals surface area contributed by atoms with Crippen LogP contribution in [0.15, 0.2) is 16.2 Å². The smallest absolute Gasteiger partial charge is 0.246 e. The Labute approximate surface area is 135 Å². The molecule has 0 spiro atoms. The minimum atomic E-state index is -0.0318. The Hall–Kier alpha value is -2.18. The standard InChI is InChI=1S/C16H22N4O3/c1-4-10(2)5-14(21)19-8-13(9-19)20-7-12(6-15(20)22)16-17-11(3)18-23-16/h5,12-13H,4,6-9H2,1-3H3/b10-5+. The first-order valence-electron chi connectivity index (χ1n) is 8.03. The normalized spacial score (nSPS) is 22.7. The summed E-state index contributed by atoms with van der Waals surface area (Å²) in [5, 5.41) is 3.79. The summed E-state index contributed by atoms with van der Waals surface area (Å²) >= 11 is 0. The van der Waals surface area contributed by atoms with Crippen LogP contribution in [0.2, 0.25) is 0 Å². The topological polar surface area (TPSA) is 79.5 Å². The monoisotopic (exact) mass is 318 g/mol. The van der Waals surface area contributed by atoms with Crippen molar-refractivity contribution in [3.8, 4) is 0 Å². The first kappa shape index (κ1) is 15.7. The van der Waals surface area contributed by atoms with E-state index < -0.39 is 0 Å². The van der Waals surface area contributed by atoms with Gasteiger partial charge in [0.25, 0.3) is 0 Å². The lowest BCUT2D eigenvalue weighted by molar-refractivity contribution is -0.141. The van der Waals surface area contributed by atoms with E-state index in [2.05, 4.69) is 10.1 Å². The molecule has 1 aromatic heterocycles. The summed E-state index contributed by atoms with van der Waals surface area (Å²) in [6.07, 6.45) is 2.96. The van der Waals surface area contributed by atoms with Crippen LogP contribution in [0.1, 0.15) is 44.3 Å². The average Bonchev–Trinajstić information content (AvgIpc) is 3.04.